The molecule has 6 heteroatoms. The Kier molecular flexibility index (Phi) is 4.63. The number of thiazole rings is 1. The van der Waals surface area contributed by atoms with Gasteiger partial charge in [0.25, 0.3) is 0 Å². The first-order valence-electron chi connectivity index (χ1n) is 7.05. The van der Waals surface area contributed by atoms with E-state index in [4.69, 9.17) is 4.74 Å². The molecular formula is C17H15N3O2S. The maximum absolute atomic E-state index is 11.7. The number of methoxy groups -OCH3 is 1. The van der Waals surface area contributed by atoms with Crippen LogP contribution in [0.25, 0.3) is 10.2 Å². The van der Waals surface area contributed by atoms with Gasteiger partial charge >= 0.3 is 5.97 Å². The molecule has 0 bridgehead atoms. The predicted molar refractivity (Wildman–Crippen MR) is 91.4 cm³/mol. The van der Waals surface area contributed by atoms with Crippen LogP contribution in [-0.4, -0.2) is 23.9 Å². The van der Waals surface area contributed by atoms with E-state index < -0.39 is 0 Å². The fourth-order valence-corrected chi connectivity index (χ4v) is 3.11. The number of aromatic nitrogens is 1. The van der Waals surface area contributed by atoms with Crippen molar-refractivity contribution in [1.29, 1.82) is 0 Å². The molecule has 0 atom stereocenters. The molecule has 0 spiro atoms. The first kappa shape index (κ1) is 15.2. The highest BCUT2D eigenvalue weighted by Gasteiger charge is 2.09. The lowest BCUT2D eigenvalue weighted by Crippen LogP contribution is -2.20. The van der Waals surface area contributed by atoms with Crippen molar-refractivity contribution in [3.8, 4) is 0 Å². The van der Waals surface area contributed by atoms with E-state index in [0.29, 0.717) is 4.80 Å². The van der Waals surface area contributed by atoms with Crippen molar-refractivity contribution in [2.24, 2.45) is 10.2 Å². The van der Waals surface area contributed by atoms with E-state index in [1.165, 1.54) is 18.4 Å². The normalized spacial score (nSPS) is 12.1. The summed E-state index contributed by atoms with van der Waals surface area (Å²) >= 11 is 1.49. The molecule has 0 saturated heterocycles. The van der Waals surface area contributed by atoms with E-state index in [0.717, 1.165) is 15.8 Å². The first-order valence-corrected chi connectivity index (χ1v) is 7.87. The summed E-state index contributed by atoms with van der Waals surface area (Å²) in [6, 6.07) is 17.6. The van der Waals surface area contributed by atoms with Gasteiger partial charge in [-0.25, -0.2) is 0 Å². The minimum atomic E-state index is -0.318. The average molecular weight is 325 g/mol. The first-order chi connectivity index (χ1) is 11.3. The van der Waals surface area contributed by atoms with Crippen molar-refractivity contribution >= 4 is 33.7 Å². The van der Waals surface area contributed by atoms with E-state index in [1.54, 1.807) is 6.21 Å². The number of ether oxygens (including phenoxy) is 1. The van der Waals surface area contributed by atoms with Crippen LogP contribution in [0.5, 0.6) is 0 Å². The van der Waals surface area contributed by atoms with Crippen LogP contribution in [0, 0.1) is 0 Å². The second-order valence-corrected chi connectivity index (χ2v) is 5.78. The Labute approximate surface area is 137 Å². The number of rotatable bonds is 4. The molecule has 0 amide bonds. The second-order valence-electron chi connectivity index (χ2n) is 4.77. The molecule has 1 aromatic heterocycles. The Balaban J connectivity index is 2.02. The van der Waals surface area contributed by atoms with Gasteiger partial charge < -0.3 is 9.30 Å². The molecule has 23 heavy (non-hydrogen) atoms. The minimum absolute atomic E-state index is 0.111. The second kappa shape index (κ2) is 7.02. The van der Waals surface area contributed by atoms with E-state index in [1.807, 2.05) is 59.2 Å². The van der Waals surface area contributed by atoms with Crippen LogP contribution in [0.1, 0.15) is 5.56 Å². The lowest BCUT2D eigenvalue weighted by atomic mass is 10.2. The summed E-state index contributed by atoms with van der Waals surface area (Å²) in [5.41, 5.74) is 1.91. The number of benzene rings is 2. The summed E-state index contributed by atoms with van der Waals surface area (Å²) in [6.45, 7) is 0.111. The number of carbonyl (C=O) groups excluding carboxylic acids is 1. The minimum Gasteiger partial charge on any atom is -0.468 e. The Hall–Kier alpha value is -2.73. The van der Waals surface area contributed by atoms with Gasteiger partial charge in [-0.15, -0.1) is 5.10 Å². The number of para-hydroxylation sites is 1. The van der Waals surface area contributed by atoms with Crippen LogP contribution in [0.15, 0.2) is 64.8 Å². The zero-order valence-corrected chi connectivity index (χ0v) is 13.4. The van der Waals surface area contributed by atoms with Crippen LogP contribution in [0.2, 0.25) is 0 Å². The fourth-order valence-electron chi connectivity index (χ4n) is 2.13. The Morgan fingerprint density at radius 2 is 1.91 bits per heavy atom. The highest BCUT2D eigenvalue weighted by molar-refractivity contribution is 7.16. The fraction of sp³-hybridized carbons (Fsp3) is 0.118. The molecule has 5 nitrogen and oxygen atoms in total. The summed E-state index contributed by atoms with van der Waals surface area (Å²) in [6.07, 6.45) is 1.69. The highest BCUT2D eigenvalue weighted by Crippen LogP contribution is 2.16. The van der Waals surface area contributed by atoms with E-state index in [9.17, 15) is 4.79 Å². The molecule has 2 aromatic carbocycles. The monoisotopic (exact) mass is 325 g/mol. The number of carbonyl (C=O) groups is 1. The topological polar surface area (TPSA) is 56.0 Å². The quantitative estimate of drug-likeness (QED) is 0.421. The van der Waals surface area contributed by atoms with Gasteiger partial charge in [0, 0.05) is 0 Å². The Morgan fingerprint density at radius 1 is 1.17 bits per heavy atom. The molecule has 0 aliphatic carbocycles. The molecule has 0 radical (unpaired) electrons. The summed E-state index contributed by atoms with van der Waals surface area (Å²) in [4.78, 5) is 12.3. The van der Waals surface area contributed by atoms with Crippen LogP contribution in [-0.2, 0) is 16.1 Å². The lowest BCUT2D eigenvalue weighted by Gasteiger charge is -2.02. The van der Waals surface area contributed by atoms with Gasteiger partial charge in [0.05, 0.1) is 23.5 Å². The third-order valence-corrected chi connectivity index (χ3v) is 4.30. The molecule has 3 aromatic rings. The van der Waals surface area contributed by atoms with Gasteiger partial charge in [-0.05, 0) is 17.7 Å². The van der Waals surface area contributed by atoms with Crippen molar-refractivity contribution in [2.75, 3.05) is 7.11 Å². The summed E-state index contributed by atoms with van der Waals surface area (Å²) in [5, 5.41) is 8.41. The lowest BCUT2D eigenvalue weighted by molar-refractivity contribution is -0.141. The van der Waals surface area contributed by atoms with Gasteiger partial charge in [-0.2, -0.15) is 5.10 Å². The van der Waals surface area contributed by atoms with Crippen LogP contribution in [0.4, 0.5) is 0 Å². The maximum atomic E-state index is 11.7. The predicted octanol–water partition coefficient (Wildman–Crippen LogP) is 2.81. The van der Waals surface area contributed by atoms with E-state index >= 15 is 0 Å². The molecule has 0 N–H and O–H groups in total. The smallest absolute Gasteiger partial charge is 0.325 e. The summed E-state index contributed by atoms with van der Waals surface area (Å²) < 4.78 is 7.63. The van der Waals surface area contributed by atoms with Gasteiger partial charge in [-0.1, -0.05) is 53.8 Å². The van der Waals surface area contributed by atoms with Crippen molar-refractivity contribution in [1.82, 2.24) is 4.57 Å². The zero-order valence-electron chi connectivity index (χ0n) is 12.5. The molecule has 1 heterocycles. The number of nitrogens with zero attached hydrogens (tertiary/aromatic N) is 3. The van der Waals surface area contributed by atoms with Crippen molar-refractivity contribution in [3.05, 3.63) is 65.0 Å². The SMILES string of the molecule is COC(=O)Cn1c(=NN=Cc2ccccc2)sc2ccccc21. The molecule has 0 unspecified atom stereocenters. The highest BCUT2D eigenvalue weighted by atomic mass is 32.1. The number of hydrogen-bond donors (Lipinski definition) is 0. The van der Waals surface area contributed by atoms with E-state index in [-0.39, 0.29) is 12.5 Å². The molecule has 0 fully saturated rings. The maximum Gasteiger partial charge on any atom is 0.325 e. The third-order valence-electron chi connectivity index (χ3n) is 3.25. The average Bonchev–Trinajstić information content (AvgIpc) is 2.93. The summed E-state index contributed by atoms with van der Waals surface area (Å²) in [5.74, 6) is -0.318. The Morgan fingerprint density at radius 3 is 2.70 bits per heavy atom. The van der Waals surface area contributed by atoms with Crippen LogP contribution < -0.4 is 4.80 Å². The number of fused-ring (bicyclic) bond motifs is 1. The van der Waals surface area contributed by atoms with Gasteiger partial charge in [-0.3, -0.25) is 4.79 Å². The molecular weight excluding hydrogens is 310 g/mol. The van der Waals surface area contributed by atoms with Crippen molar-refractivity contribution in [2.45, 2.75) is 6.54 Å². The molecule has 0 saturated carbocycles. The summed E-state index contributed by atoms with van der Waals surface area (Å²) in [7, 11) is 1.38. The van der Waals surface area contributed by atoms with Gasteiger partial charge in [0.2, 0.25) is 4.80 Å². The van der Waals surface area contributed by atoms with Gasteiger partial charge in [0.15, 0.2) is 0 Å². The zero-order chi connectivity index (χ0) is 16.1. The number of hydrogen-bond acceptors (Lipinski definition) is 5. The number of esters is 1. The standard InChI is InChI=1S/C17H15N3O2S/c1-22-16(21)12-20-14-9-5-6-10-15(14)23-17(20)19-18-11-13-7-3-2-4-8-13/h2-11H,12H2,1H3. The largest absolute Gasteiger partial charge is 0.468 e. The molecule has 0 aliphatic rings. The van der Waals surface area contributed by atoms with Crippen LogP contribution in [0.3, 0.4) is 0 Å². The van der Waals surface area contributed by atoms with E-state index in [2.05, 4.69) is 10.2 Å². The van der Waals surface area contributed by atoms with Gasteiger partial charge in [0.1, 0.15) is 6.54 Å². The molecule has 116 valence electrons. The molecule has 0 aliphatic heterocycles. The third kappa shape index (κ3) is 3.54. The Bertz CT molecular complexity index is 910. The van der Waals surface area contributed by atoms with Crippen molar-refractivity contribution < 1.29 is 9.53 Å². The van der Waals surface area contributed by atoms with Crippen LogP contribution >= 0.6 is 11.3 Å². The molecule has 3 rings (SSSR count). The van der Waals surface area contributed by atoms with Crippen molar-refractivity contribution in [3.63, 3.8) is 0 Å².